The number of nitrogens with zero attached hydrogens (tertiary/aromatic N) is 2. The lowest BCUT2D eigenvalue weighted by atomic mass is 9.64. The van der Waals surface area contributed by atoms with Crippen LogP contribution in [-0.2, 0) is 12.0 Å². The average Bonchev–Trinajstić information content (AvgIpc) is 2.30. The second kappa shape index (κ2) is 3.67. The molecule has 96 valence electrons. The molecule has 1 aliphatic carbocycles. The van der Waals surface area contributed by atoms with E-state index in [1.807, 2.05) is 0 Å². The Morgan fingerprint density at radius 3 is 2.56 bits per heavy atom. The fourth-order valence-corrected chi connectivity index (χ4v) is 3.17. The Morgan fingerprint density at radius 2 is 2.00 bits per heavy atom. The van der Waals surface area contributed by atoms with Crippen molar-refractivity contribution in [2.45, 2.75) is 51.0 Å². The first-order chi connectivity index (χ1) is 8.55. The van der Waals surface area contributed by atoms with Crippen LogP contribution in [0.5, 0.6) is 5.75 Å². The van der Waals surface area contributed by atoms with Crippen molar-refractivity contribution in [2.24, 2.45) is 0 Å². The molecule has 0 aromatic carbocycles. The van der Waals surface area contributed by atoms with Crippen LogP contribution in [0.4, 0.5) is 0 Å². The van der Waals surface area contributed by atoms with Crippen molar-refractivity contribution < 1.29 is 9.90 Å². The van der Waals surface area contributed by atoms with Gasteiger partial charge < -0.3 is 5.11 Å². The predicted octanol–water partition coefficient (Wildman–Crippen LogP) is 1.37. The fraction of sp³-hybridized carbons (Fsp3) is 0.615. The molecule has 18 heavy (non-hydrogen) atoms. The van der Waals surface area contributed by atoms with E-state index in [1.165, 1.54) is 6.92 Å². The molecule has 1 aromatic rings. The first-order valence-electron chi connectivity index (χ1n) is 6.40. The molecule has 5 nitrogen and oxygen atoms in total. The molecule has 1 N–H and O–H groups in total. The summed E-state index contributed by atoms with van der Waals surface area (Å²) in [4.78, 5) is 27.8. The number of Topliss-reactive ketones (excluding diaryl/α,β-unsaturated/α-hetero) is 1. The molecule has 3 rings (SSSR count). The molecule has 2 heterocycles. The van der Waals surface area contributed by atoms with Gasteiger partial charge >= 0.3 is 0 Å². The molecule has 1 fully saturated rings. The zero-order valence-corrected chi connectivity index (χ0v) is 10.4. The van der Waals surface area contributed by atoms with Gasteiger partial charge in [-0.05, 0) is 25.7 Å². The standard InChI is InChI=1S/C13H16N2O3/c1-8(16)9-10(17)11(18)15-7-3-6-13(4-2-5-13)12(15)14-9/h17H,2-7H2,1H3. The largest absolute Gasteiger partial charge is 0.501 e. The Hall–Kier alpha value is -1.65. The van der Waals surface area contributed by atoms with E-state index in [4.69, 9.17) is 0 Å². The van der Waals surface area contributed by atoms with E-state index in [1.54, 1.807) is 4.57 Å². The summed E-state index contributed by atoms with van der Waals surface area (Å²) in [7, 11) is 0. The van der Waals surface area contributed by atoms with Crippen molar-refractivity contribution in [3.8, 4) is 5.75 Å². The van der Waals surface area contributed by atoms with Crippen LogP contribution in [0.15, 0.2) is 4.79 Å². The van der Waals surface area contributed by atoms with Crippen LogP contribution in [0, 0.1) is 0 Å². The van der Waals surface area contributed by atoms with Crippen LogP contribution in [0.1, 0.15) is 55.3 Å². The van der Waals surface area contributed by atoms with Crippen LogP contribution in [0.25, 0.3) is 0 Å². The summed E-state index contributed by atoms with van der Waals surface area (Å²) in [5, 5.41) is 9.77. The molecule has 0 saturated heterocycles. The van der Waals surface area contributed by atoms with Crippen molar-refractivity contribution in [2.75, 3.05) is 0 Å². The fourth-order valence-electron chi connectivity index (χ4n) is 3.17. The molecule has 1 saturated carbocycles. The maximum Gasteiger partial charge on any atom is 0.296 e. The normalized spacial score (nSPS) is 20.3. The third kappa shape index (κ3) is 1.36. The first kappa shape index (κ1) is 11.4. The lowest BCUT2D eigenvalue weighted by molar-refractivity contribution is 0.100. The van der Waals surface area contributed by atoms with E-state index in [-0.39, 0.29) is 16.9 Å². The monoisotopic (exact) mass is 248 g/mol. The molecule has 1 spiro atoms. The SMILES string of the molecule is CC(=O)c1nc2n(c(=O)c1O)CCCC21CCC1. The smallest absolute Gasteiger partial charge is 0.296 e. The maximum absolute atomic E-state index is 12.1. The summed E-state index contributed by atoms with van der Waals surface area (Å²) < 4.78 is 1.56. The number of aromatic hydroxyl groups is 1. The van der Waals surface area contributed by atoms with Gasteiger partial charge in [-0.3, -0.25) is 14.2 Å². The molecule has 0 amide bonds. The second-order valence-electron chi connectivity index (χ2n) is 5.38. The van der Waals surface area contributed by atoms with Gasteiger partial charge in [0.2, 0.25) is 5.75 Å². The summed E-state index contributed by atoms with van der Waals surface area (Å²) in [6.07, 6.45) is 5.17. The number of rotatable bonds is 1. The lowest BCUT2D eigenvalue weighted by Crippen LogP contribution is -2.45. The molecule has 0 unspecified atom stereocenters. The lowest BCUT2D eigenvalue weighted by Gasteiger charge is -2.45. The van der Waals surface area contributed by atoms with Gasteiger partial charge in [0.05, 0.1) is 0 Å². The van der Waals surface area contributed by atoms with Crippen molar-refractivity contribution in [3.05, 3.63) is 21.9 Å². The molecular formula is C13H16N2O3. The Bertz CT molecular complexity index is 585. The Kier molecular flexibility index (Phi) is 2.33. The quantitative estimate of drug-likeness (QED) is 0.762. The van der Waals surface area contributed by atoms with E-state index < -0.39 is 11.3 Å². The summed E-state index contributed by atoms with van der Waals surface area (Å²) in [6, 6.07) is 0. The van der Waals surface area contributed by atoms with E-state index in [2.05, 4.69) is 4.98 Å². The number of hydrogen-bond donors (Lipinski definition) is 1. The Labute approximate surface area is 104 Å². The highest BCUT2D eigenvalue weighted by Crippen LogP contribution is 2.48. The molecule has 0 radical (unpaired) electrons. The molecule has 1 aliphatic heterocycles. The number of hydrogen-bond acceptors (Lipinski definition) is 4. The van der Waals surface area contributed by atoms with E-state index >= 15 is 0 Å². The maximum atomic E-state index is 12.1. The van der Waals surface area contributed by atoms with Crippen LogP contribution >= 0.6 is 0 Å². The van der Waals surface area contributed by atoms with Crippen LogP contribution in [0.3, 0.4) is 0 Å². The summed E-state index contributed by atoms with van der Waals surface area (Å²) in [5.74, 6) is -0.135. The number of carbonyl (C=O) groups excluding carboxylic acids is 1. The predicted molar refractivity (Wildman–Crippen MR) is 64.9 cm³/mol. The van der Waals surface area contributed by atoms with Crippen molar-refractivity contribution in [1.82, 2.24) is 9.55 Å². The minimum Gasteiger partial charge on any atom is -0.501 e. The molecule has 0 bridgehead atoms. The van der Waals surface area contributed by atoms with Crippen LogP contribution in [-0.4, -0.2) is 20.4 Å². The Morgan fingerprint density at radius 1 is 1.33 bits per heavy atom. The number of carbonyl (C=O) groups is 1. The van der Waals surface area contributed by atoms with Crippen molar-refractivity contribution in [3.63, 3.8) is 0 Å². The van der Waals surface area contributed by atoms with E-state index in [0.29, 0.717) is 12.4 Å². The van der Waals surface area contributed by atoms with Crippen molar-refractivity contribution in [1.29, 1.82) is 0 Å². The number of aromatic nitrogens is 2. The van der Waals surface area contributed by atoms with Gasteiger partial charge in [0.25, 0.3) is 5.56 Å². The zero-order valence-electron chi connectivity index (χ0n) is 10.4. The number of fused-ring (bicyclic) bond motifs is 2. The minimum absolute atomic E-state index is 0.0185. The van der Waals surface area contributed by atoms with Gasteiger partial charge in [-0.1, -0.05) is 6.42 Å². The molecule has 1 aromatic heterocycles. The van der Waals surface area contributed by atoms with Gasteiger partial charge in [0.1, 0.15) is 5.82 Å². The van der Waals surface area contributed by atoms with E-state index in [0.717, 1.165) is 32.1 Å². The zero-order chi connectivity index (χ0) is 12.9. The van der Waals surface area contributed by atoms with Crippen LogP contribution in [0.2, 0.25) is 0 Å². The summed E-state index contributed by atoms with van der Waals surface area (Å²) >= 11 is 0. The summed E-state index contributed by atoms with van der Waals surface area (Å²) in [5.41, 5.74) is -0.550. The average molecular weight is 248 g/mol. The highest BCUT2D eigenvalue weighted by Gasteiger charge is 2.44. The number of ketones is 1. The van der Waals surface area contributed by atoms with Gasteiger partial charge in [0, 0.05) is 18.9 Å². The minimum atomic E-state index is -0.498. The summed E-state index contributed by atoms with van der Waals surface area (Å²) in [6.45, 7) is 1.92. The van der Waals surface area contributed by atoms with Gasteiger partial charge in [0.15, 0.2) is 11.5 Å². The van der Waals surface area contributed by atoms with Gasteiger partial charge in [-0.2, -0.15) is 0 Å². The van der Waals surface area contributed by atoms with Gasteiger partial charge in [-0.15, -0.1) is 0 Å². The topological polar surface area (TPSA) is 72.2 Å². The van der Waals surface area contributed by atoms with Crippen LogP contribution < -0.4 is 5.56 Å². The molecular weight excluding hydrogens is 232 g/mol. The molecule has 2 aliphatic rings. The third-order valence-corrected chi connectivity index (χ3v) is 4.30. The highest BCUT2D eigenvalue weighted by atomic mass is 16.3. The second-order valence-corrected chi connectivity index (χ2v) is 5.38. The third-order valence-electron chi connectivity index (χ3n) is 4.30. The molecule has 0 atom stereocenters. The Balaban J connectivity index is 2.27. The molecule has 5 heteroatoms. The first-order valence-corrected chi connectivity index (χ1v) is 6.40. The van der Waals surface area contributed by atoms with Gasteiger partial charge in [-0.25, -0.2) is 4.98 Å². The highest BCUT2D eigenvalue weighted by molar-refractivity contribution is 5.94. The van der Waals surface area contributed by atoms with Crippen molar-refractivity contribution >= 4 is 5.78 Å². The van der Waals surface area contributed by atoms with E-state index in [9.17, 15) is 14.7 Å².